The van der Waals surface area contributed by atoms with E-state index in [0.717, 1.165) is 5.56 Å². The topological polar surface area (TPSA) is 106 Å². The third-order valence-electron chi connectivity index (χ3n) is 4.62. The number of rotatable bonds is 7. The molecule has 1 fully saturated rings. The highest BCUT2D eigenvalue weighted by molar-refractivity contribution is 5.94. The molecule has 0 aliphatic carbocycles. The number of nitro benzene ring substituents is 1. The van der Waals surface area contributed by atoms with Crippen molar-refractivity contribution in [1.29, 1.82) is 0 Å². The van der Waals surface area contributed by atoms with Gasteiger partial charge in [0.05, 0.1) is 24.4 Å². The monoisotopic (exact) mass is 412 g/mol. The molecule has 9 nitrogen and oxygen atoms in total. The molecule has 0 spiro atoms. The molecular formula is C21H24N4O5. The summed E-state index contributed by atoms with van der Waals surface area (Å²) in [6.45, 7) is 5.79. The number of nitro groups is 1. The maximum atomic E-state index is 12.2. The van der Waals surface area contributed by atoms with Crippen LogP contribution >= 0.6 is 0 Å². The van der Waals surface area contributed by atoms with E-state index in [2.05, 4.69) is 10.5 Å². The molecule has 1 heterocycles. The summed E-state index contributed by atoms with van der Waals surface area (Å²) < 4.78 is 5.30. The number of benzene rings is 2. The van der Waals surface area contributed by atoms with Gasteiger partial charge in [-0.3, -0.25) is 14.9 Å². The molecule has 0 bridgehead atoms. The Morgan fingerprint density at radius 1 is 1.30 bits per heavy atom. The summed E-state index contributed by atoms with van der Waals surface area (Å²) >= 11 is 0. The maximum absolute atomic E-state index is 12.2. The van der Waals surface area contributed by atoms with Crippen molar-refractivity contribution >= 4 is 29.2 Å². The summed E-state index contributed by atoms with van der Waals surface area (Å²) in [5.74, 6) is -0.341. The lowest BCUT2D eigenvalue weighted by molar-refractivity contribution is -0.384. The van der Waals surface area contributed by atoms with E-state index < -0.39 is 11.0 Å². The number of carbonyl (C=O) groups excluding carboxylic acids is 1. The van der Waals surface area contributed by atoms with Crippen molar-refractivity contribution in [1.82, 2.24) is 0 Å². The van der Waals surface area contributed by atoms with Crippen LogP contribution in [0.5, 0.6) is 0 Å². The normalized spacial score (nSPS) is 15.1. The molecule has 158 valence electrons. The first-order valence-corrected chi connectivity index (χ1v) is 9.62. The van der Waals surface area contributed by atoms with Crippen LogP contribution < -0.4 is 10.2 Å². The van der Waals surface area contributed by atoms with Gasteiger partial charge in [-0.05, 0) is 37.6 Å². The Kier molecular flexibility index (Phi) is 6.97. The van der Waals surface area contributed by atoms with Gasteiger partial charge in [0, 0.05) is 30.4 Å². The van der Waals surface area contributed by atoms with Crippen molar-refractivity contribution in [2.24, 2.45) is 5.16 Å². The molecule has 2 aromatic carbocycles. The Labute approximate surface area is 174 Å². The summed E-state index contributed by atoms with van der Waals surface area (Å²) in [5, 5.41) is 18.1. The van der Waals surface area contributed by atoms with Crippen LogP contribution in [0.25, 0.3) is 0 Å². The number of ether oxygens (including phenoxy) is 1. The Hall–Kier alpha value is -3.46. The van der Waals surface area contributed by atoms with Crippen LogP contribution in [0.3, 0.4) is 0 Å². The predicted molar refractivity (Wildman–Crippen MR) is 114 cm³/mol. The summed E-state index contributed by atoms with van der Waals surface area (Å²) in [4.78, 5) is 30.4. The van der Waals surface area contributed by atoms with Crippen molar-refractivity contribution in [3.8, 4) is 0 Å². The van der Waals surface area contributed by atoms with Crippen molar-refractivity contribution < 1.29 is 19.3 Å². The number of nitrogens with one attached hydrogen (secondary N) is 1. The molecule has 1 amide bonds. The summed E-state index contributed by atoms with van der Waals surface area (Å²) in [6.07, 6.45) is 0.524. The van der Waals surface area contributed by atoms with Crippen molar-refractivity contribution in [3.63, 3.8) is 0 Å². The van der Waals surface area contributed by atoms with Crippen molar-refractivity contribution in [3.05, 3.63) is 63.7 Å². The SMILES string of the molecule is Cc1cccc(NC(=O)[C@H](C)O/N=C\c2ccc(N3CCOCC3)c([N+](=O)[O-])c2)c1. The molecule has 3 rings (SSSR count). The van der Waals surface area contributed by atoms with E-state index >= 15 is 0 Å². The maximum Gasteiger partial charge on any atom is 0.293 e. The van der Waals surface area contributed by atoms with E-state index in [1.54, 1.807) is 25.1 Å². The molecule has 1 N–H and O–H groups in total. The number of anilines is 2. The van der Waals surface area contributed by atoms with Gasteiger partial charge in [0.1, 0.15) is 5.69 Å². The molecule has 1 aliphatic heterocycles. The standard InChI is InChI=1S/C21H24N4O5/c1-15-4-3-5-18(12-15)23-21(26)16(2)30-22-14-17-6-7-19(20(13-17)25(27)28)24-8-10-29-11-9-24/h3-7,12-14,16H,8-11H2,1-2H3,(H,23,26)/b22-14-/t16-/m0/s1. The van der Waals surface area contributed by atoms with Gasteiger partial charge in [-0.15, -0.1) is 0 Å². The molecule has 0 aromatic heterocycles. The first-order chi connectivity index (χ1) is 14.4. The number of morpholine rings is 1. The van der Waals surface area contributed by atoms with Crippen LogP contribution in [0.4, 0.5) is 17.1 Å². The number of oxime groups is 1. The summed E-state index contributed by atoms with van der Waals surface area (Å²) in [5.41, 5.74) is 2.75. The van der Waals surface area contributed by atoms with Gasteiger partial charge in [-0.25, -0.2) is 0 Å². The molecule has 1 aliphatic rings. The average molecular weight is 412 g/mol. The average Bonchev–Trinajstić information content (AvgIpc) is 2.74. The second-order valence-corrected chi connectivity index (χ2v) is 6.95. The van der Waals surface area contributed by atoms with Crippen LogP contribution in [0, 0.1) is 17.0 Å². The van der Waals surface area contributed by atoms with Crippen LogP contribution in [0.2, 0.25) is 0 Å². The van der Waals surface area contributed by atoms with Gasteiger partial charge in [0.25, 0.3) is 11.6 Å². The number of nitrogens with zero attached hydrogens (tertiary/aromatic N) is 3. The lowest BCUT2D eigenvalue weighted by atomic mass is 10.1. The first kappa shape index (κ1) is 21.3. The van der Waals surface area contributed by atoms with Crippen LogP contribution in [-0.2, 0) is 14.4 Å². The van der Waals surface area contributed by atoms with Gasteiger partial charge in [0.15, 0.2) is 0 Å². The number of hydrogen-bond acceptors (Lipinski definition) is 7. The number of amides is 1. The summed E-state index contributed by atoms with van der Waals surface area (Å²) in [7, 11) is 0. The highest BCUT2D eigenvalue weighted by Crippen LogP contribution is 2.29. The second-order valence-electron chi connectivity index (χ2n) is 6.95. The Balaban J connectivity index is 1.63. The fourth-order valence-corrected chi connectivity index (χ4v) is 3.04. The minimum atomic E-state index is -0.829. The zero-order valence-electron chi connectivity index (χ0n) is 16.9. The fourth-order valence-electron chi connectivity index (χ4n) is 3.04. The van der Waals surface area contributed by atoms with E-state index in [9.17, 15) is 14.9 Å². The van der Waals surface area contributed by atoms with Crippen molar-refractivity contribution in [2.45, 2.75) is 20.0 Å². The minimum Gasteiger partial charge on any atom is -0.383 e. The zero-order valence-corrected chi connectivity index (χ0v) is 16.9. The fraction of sp³-hybridized carbons (Fsp3) is 0.333. The van der Waals surface area contributed by atoms with Crippen LogP contribution in [-0.4, -0.2) is 49.5 Å². The van der Waals surface area contributed by atoms with Gasteiger partial charge < -0.3 is 19.8 Å². The van der Waals surface area contributed by atoms with E-state index in [-0.39, 0.29) is 11.6 Å². The van der Waals surface area contributed by atoms with E-state index in [1.165, 1.54) is 12.3 Å². The lowest BCUT2D eigenvalue weighted by Crippen LogP contribution is -2.36. The smallest absolute Gasteiger partial charge is 0.293 e. The van der Waals surface area contributed by atoms with Crippen molar-refractivity contribution in [2.75, 3.05) is 36.5 Å². The zero-order chi connectivity index (χ0) is 21.5. The van der Waals surface area contributed by atoms with Gasteiger partial charge in [-0.2, -0.15) is 0 Å². The predicted octanol–water partition coefficient (Wildman–Crippen LogP) is 3.12. The molecule has 2 aromatic rings. The van der Waals surface area contributed by atoms with Gasteiger partial charge in [0.2, 0.25) is 6.10 Å². The highest BCUT2D eigenvalue weighted by atomic mass is 16.6. The van der Waals surface area contributed by atoms with E-state index in [1.807, 2.05) is 30.0 Å². The largest absolute Gasteiger partial charge is 0.383 e. The lowest BCUT2D eigenvalue weighted by Gasteiger charge is -2.28. The molecule has 1 saturated heterocycles. The minimum absolute atomic E-state index is 0.00825. The molecule has 0 saturated carbocycles. The van der Waals surface area contributed by atoms with E-state index in [0.29, 0.717) is 43.2 Å². The molecule has 30 heavy (non-hydrogen) atoms. The second kappa shape index (κ2) is 9.84. The highest BCUT2D eigenvalue weighted by Gasteiger charge is 2.21. The number of hydrogen-bond donors (Lipinski definition) is 1. The first-order valence-electron chi connectivity index (χ1n) is 9.62. The van der Waals surface area contributed by atoms with Gasteiger partial charge in [-0.1, -0.05) is 23.4 Å². The molecule has 0 radical (unpaired) electrons. The Bertz CT molecular complexity index is 941. The number of aryl methyl sites for hydroxylation is 1. The molecule has 9 heteroatoms. The number of carbonyl (C=O) groups is 1. The molecule has 1 atom stereocenters. The quantitative estimate of drug-likeness (QED) is 0.425. The van der Waals surface area contributed by atoms with Crippen LogP contribution in [0.1, 0.15) is 18.1 Å². The Morgan fingerprint density at radius 3 is 2.77 bits per heavy atom. The van der Waals surface area contributed by atoms with E-state index in [4.69, 9.17) is 9.57 Å². The molecule has 0 unspecified atom stereocenters. The Morgan fingerprint density at radius 2 is 2.07 bits per heavy atom. The third-order valence-corrected chi connectivity index (χ3v) is 4.62. The summed E-state index contributed by atoms with van der Waals surface area (Å²) in [6, 6.07) is 12.3. The molecular weight excluding hydrogens is 388 g/mol. The van der Waals surface area contributed by atoms with Crippen LogP contribution in [0.15, 0.2) is 47.6 Å². The van der Waals surface area contributed by atoms with Gasteiger partial charge >= 0.3 is 0 Å². The third kappa shape index (κ3) is 5.54.